The van der Waals surface area contributed by atoms with E-state index in [0.29, 0.717) is 0 Å². The smallest absolute Gasteiger partial charge is 0.173 e. The van der Waals surface area contributed by atoms with E-state index in [1.165, 1.54) is 16.5 Å². The molecule has 1 aromatic rings. The van der Waals surface area contributed by atoms with Gasteiger partial charge in [-0.3, -0.25) is 0 Å². The van der Waals surface area contributed by atoms with Crippen LogP contribution in [0.5, 0.6) is 0 Å². The molecule has 0 saturated carbocycles. The maximum absolute atomic E-state index is 11.4. The van der Waals surface area contributed by atoms with Gasteiger partial charge in [0.1, 0.15) is 0 Å². The quantitative estimate of drug-likeness (QED) is 0.837. The lowest BCUT2D eigenvalue weighted by Gasteiger charge is -2.18. The van der Waals surface area contributed by atoms with Crippen LogP contribution in [0.1, 0.15) is 29.6 Å². The fourth-order valence-corrected chi connectivity index (χ4v) is 4.02. The zero-order valence-corrected chi connectivity index (χ0v) is 10.7. The Kier molecular flexibility index (Phi) is 2.77. The van der Waals surface area contributed by atoms with Gasteiger partial charge in [0.05, 0.1) is 5.75 Å². The van der Waals surface area contributed by atoms with E-state index in [4.69, 9.17) is 5.73 Å². The monoisotopic (exact) mass is 264 g/mol. The minimum Gasteiger partial charge on any atom is -0.324 e. The normalized spacial score (nSPS) is 32.6. The van der Waals surface area contributed by atoms with Crippen molar-refractivity contribution >= 4 is 9.84 Å². The minimum absolute atomic E-state index is 0.0423. The van der Waals surface area contributed by atoms with Crippen molar-refractivity contribution in [2.24, 2.45) is 5.73 Å². The van der Waals surface area contributed by atoms with Crippen LogP contribution in [-0.2, 0) is 9.84 Å². The highest BCUT2D eigenvalue weighted by Gasteiger charge is 2.31. The minimum atomic E-state index is -3.00. The molecule has 0 fully saturated rings. The van der Waals surface area contributed by atoms with Gasteiger partial charge in [0, 0.05) is 23.5 Å². The second-order valence-electron chi connectivity index (χ2n) is 4.95. The molecule has 1 aliphatic carbocycles. The molecule has 3 N–H and O–H groups in total. The lowest BCUT2D eigenvalue weighted by Crippen LogP contribution is -2.33. The van der Waals surface area contributed by atoms with Crippen molar-refractivity contribution in [2.45, 2.75) is 24.5 Å². The molecule has 1 aromatic carbocycles. The highest BCUT2D eigenvalue weighted by atomic mass is 32.2. The number of hydrogen-bond donors (Lipinski definition) is 2. The summed E-state index contributed by atoms with van der Waals surface area (Å²) >= 11 is 0. The van der Waals surface area contributed by atoms with Crippen molar-refractivity contribution in [3.05, 3.63) is 46.9 Å². The molecule has 0 bridgehead atoms. The topological polar surface area (TPSA) is 72.2 Å². The van der Waals surface area contributed by atoms with E-state index in [9.17, 15) is 8.42 Å². The molecule has 3 rings (SSSR count). The van der Waals surface area contributed by atoms with Crippen LogP contribution in [0.25, 0.3) is 0 Å². The first kappa shape index (κ1) is 11.9. The maximum Gasteiger partial charge on any atom is 0.173 e. The maximum atomic E-state index is 11.4. The number of nitrogens with one attached hydrogen (secondary N) is 1. The first-order valence-corrected chi connectivity index (χ1v) is 7.78. The summed E-state index contributed by atoms with van der Waals surface area (Å²) in [5.74, 6) is 0.154. The zero-order valence-electron chi connectivity index (χ0n) is 9.91. The number of nitrogens with two attached hydrogens (primary N) is 1. The summed E-state index contributed by atoms with van der Waals surface area (Å²) < 4.78 is 22.7. The number of sulfone groups is 1. The Hall–Kier alpha value is -1.17. The van der Waals surface area contributed by atoms with Gasteiger partial charge < -0.3 is 11.1 Å². The molecule has 2 aliphatic rings. The summed E-state index contributed by atoms with van der Waals surface area (Å²) in [6, 6.07) is 8.18. The van der Waals surface area contributed by atoms with Gasteiger partial charge in [-0.2, -0.15) is 0 Å². The highest BCUT2D eigenvalue weighted by Crippen LogP contribution is 2.37. The highest BCUT2D eigenvalue weighted by molar-refractivity contribution is 7.94. The second-order valence-corrected chi connectivity index (χ2v) is 6.89. The van der Waals surface area contributed by atoms with E-state index in [-0.39, 0.29) is 23.9 Å². The molecule has 18 heavy (non-hydrogen) atoms. The Morgan fingerprint density at radius 3 is 2.61 bits per heavy atom. The van der Waals surface area contributed by atoms with Crippen LogP contribution >= 0.6 is 0 Å². The Balaban J connectivity index is 1.79. The summed E-state index contributed by atoms with van der Waals surface area (Å²) in [4.78, 5) is 0. The summed E-state index contributed by atoms with van der Waals surface area (Å²) in [6.45, 7) is 0. The van der Waals surface area contributed by atoms with E-state index >= 15 is 0 Å². The van der Waals surface area contributed by atoms with Crippen LogP contribution in [0.2, 0.25) is 0 Å². The SMILES string of the molecule is NC1CC(NC2C=CS(=O)(=O)C2)c2ccccc21. The van der Waals surface area contributed by atoms with Gasteiger partial charge in [0.2, 0.25) is 0 Å². The molecule has 0 saturated heterocycles. The molecule has 0 amide bonds. The number of hydrogen-bond acceptors (Lipinski definition) is 4. The number of rotatable bonds is 2. The van der Waals surface area contributed by atoms with Crippen LogP contribution in [-0.4, -0.2) is 20.2 Å². The lowest BCUT2D eigenvalue weighted by atomic mass is 10.1. The molecule has 3 atom stereocenters. The van der Waals surface area contributed by atoms with Gasteiger partial charge in [-0.25, -0.2) is 8.42 Å². The molecule has 0 aromatic heterocycles. The molecule has 4 nitrogen and oxygen atoms in total. The van der Waals surface area contributed by atoms with Crippen LogP contribution in [0, 0.1) is 0 Å². The first-order valence-electron chi connectivity index (χ1n) is 6.06. The van der Waals surface area contributed by atoms with Gasteiger partial charge in [0.25, 0.3) is 0 Å². The van der Waals surface area contributed by atoms with E-state index in [2.05, 4.69) is 11.4 Å². The summed E-state index contributed by atoms with van der Waals surface area (Å²) in [7, 11) is -3.00. The number of fused-ring (bicyclic) bond motifs is 1. The first-order chi connectivity index (χ1) is 8.55. The predicted molar refractivity (Wildman–Crippen MR) is 70.6 cm³/mol. The van der Waals surface area contributed by atoms with Crippen molar-refractivity contribution in [3.63, 3.8) is 0 Å². The molecular weight excluding hydrogens is 248 g/mol. The van der Waals surface area contributed by atoms with E-state index in [1.807, 2.05) is 18.2 Å². The average Bonchev–Trinajstić information content (AvgIpc) is 2.82. The van der Waals surface area contributed by atoms with Crippen molar-refractivity contribution < 1.29 is 8.42 Å². The van der Waals surface area contributed by atoms with Crippen molar-refractivity contribution in [1.29, 1.82) is 0 Å². The third kappa shape index (κ3) is 2.09. The van der Waals surface area contributed by atoms with Crippen molar-refractivity contribution in [2.75, 3.05) is 5.75 Å². The second kappa shape index (κ2) is 4.19. The Bertz CT molecular complexity index is 595. The molecule has 1 aliphatic heterocycles. The van der Waals surface area contributed by atoms with E-state index in [1.54, 1.807) is 6.08 Å². The van der Waals surface area contributed by atoms with E-state index in [0.717, 1.165) is 6.42 Å². The molecular formula is C13H16N2O2S. The van der Waals surface area contributed by atoms with Crippen molar-refractivity contribution in [3.8, 4) is 0 Å². The molecule has 0 radical (unpaired) electrons. The predicted octanol–water partition coefficient (Wildman–Crippen LogP) is 1.03. The Labute approximate surface area is 107 Å². The fourth-order valence-electron chi connectivity index (χ4n) is 2.77. The third-order valence-electron chi connectivity index (χ3n) is 3.61. The third-order valence-corrected chi connectivity index (χ3v) is 5.00. The van der Waals surface area contributed by atoms with Gasteiger partial charge in [0.15, 0.2) is 9.84 Å². The van der Waals surface area contributed by atoms with Crippen LogP contribution in [0.4, 0.5) is 0 Å². The largest absolute Gasteiger partial charge is 0.324 e. The van der Waals surface area contributed by atoms with Crippen LogP contribution in [0.15, 0.2) is 35.7 Å². The van der Waals surface area contributed by atoms with Gasteiger partial charge in [-0.15, -0.1) is 0 Å². The number of benzene rings is 1. The molecule has 3 unspecified atom stereocenters. The molecule has 5 heteroatoms. The van der Waals surface area contributed by atoms with Crippen molar-refractivity contribution in [1.82, 2.24) is 5.32 Å². The molecule has 96 valence electrons. The van der Waals surface area contributed by atoms with Gasteiger partial charge in [-0.05, 0) is 17.5 Å². The summed E-state index contributed by atoms with van der Waals surface area (Å²) in [5.41, 5.74) is 8.45. The van der Waals surface area contributed by atoms with Crippen LogP contribution in [0.3, 0.4) is 0 Å². The molecule has 1 heterocycles. The zero-order chi connectivity index (χ0) is 12.8. The van der Waals surface area contributed by atoms with Gasteiger partial charge >= 0.3 is 0 Å². The molecule has 0 spiro atoms. The van der Waals surface area contributed by atoms with Gasteiger partial charge in [-0.1, -0.05) is 30.3 Å². The lowest BCUT2D eigenvalue weighted by molar-refractivity contribution is 0.476. The standard InChI is InChI=1S/C13H16N2O2S/c14-12-7-13(11-4-2-1-3-10(11)12)15-9-5-6-18(16,17)8-9/h1-6,9,12-13,15H,7-8,14H2. The summed E-state index contributed by atoms with van der Waals surface area (Å²) in [6.07, 6.45) is 2.55. The average molecular weight is 264 g/mol. The Morgan fingerprint density at radius 1 is 1.22 bits per heavy atom. The fraction of sp³-hybridized carbons (Fsp3) is 0.385. The van der Waals surface area contributed by atoms with Crippen LogP contribution < -0.4 is 11.1 Å². The Morgan fingerprint density at radius 2 is 1.94 bits per heavy atom. The summed E-state index contributed by atoms with van der Waals surface area (Å²) in [5, 5.41) is 4.67. The van der Waals surface area contributed by atoms with E-state index < -0.39 is 9.84 Å².